The minimum Gasteiger partial charge on any atom is -0.373 e. The van der Waals surface area contributed by atoms with Gasteiger partial charge in [0, 0.05) is 29.5 Å². The molecule has 0 atom stereocenters. The monoisotopic (exact) mass is 311 g/mol. The van der Waals surface area contributed by atoms with E-state index in [4.69, 9.17) is 0 Å². The molecule has 0 unspecified atom stereocenters. The summed E-state index contributed by atoms with van der Waals surface area (Å²) < 4.78 is 26.9. The number of aromatic nitrogens is 1. The molecule has 2 aromatic rings. The Kier molecular flexibility index (Phi) is 4.42. The highest BCUT2D eigenvalue weighted by molar-refractivity contribution is 7.89. The molecule has 108 valence electrons. The Morgan fingerprint density at radius 2 is 2.05 bits per heavy atom. The van der Waals surface area contributed by atoms with Crippen molar-refractivity contribution in [2.75, 3.05) is 12.4 Å². The fourth-order valence-electron chi connectivity index (χ4n) is 1.67. The zero-order valence-electron chi connectivity index (χ0n) is 11.6. The molecule has 2 rings (SSSR count). The van der Waals surface area contributed by atoms with Crippen molar-refractivity contribution in [1.29, 1.82) is 0 Å². The van der Waals surface area contributed by atoms with E-state index in [9.17, 15) is 8.42 Å². The molecular weight excluding hydrogens is 294 g/mol. The molecule has 0 aliphatic rings. The quantitative estimate of drug-likeness (QED) is 0.888. The molecule has 2 aromatic heterocycles. The van der Waals surface area contributed by atoms with Crippen molar-refractivity contribution in [3.05, 3.63) is 39.7 Å². The van der Waals surface area contributed by atoms with Crippen LogP contribution in [-0.2, 0) is 16.6 Å². The number of nitrogens with one attached hydrogen (secondary N) is 2. The molecule has 0 aliphatic heterocycles. The van der Waals surface area contributed by atoms with E-state index >= 15 is 0 Å². The first-order valence-corrected chi connectivity index (χ1v) is 8.42. The Morgan fingerprint density at radius 1 is 1.30 bits per heavy atom. The number of pyridine rings is 1. The summed E-state index contributed by atoms with van der Waals surface area (Å²) in [6, 6.07) is 5.17. The standard InChI is InChI=1S/C13H17N3O2S2/c1-9-6-11(19-10(9)2)7-16-20(17,18)12-4-5-13(14-3)15-8-12/h4-6,8,16H,7H2,1-3H3,(H,14,15). The van der Waals surface area contributed by atoms with Gasteiger partial charge in [0.05, 0.1) is 0 Å². The predicted molar refractivity (Wildman–Crippen MR) is 81.6 cm³/mol. The van der Waals surface area contributed by atoms with Crippen LogP contribution in [0.2, 0.25) is 0 Å². The topological polar surface area (TPSA) is 71.1 Å². The van der Waals surface area contributed by atoms with Gasteiger partial charge in [0.2, 0.25) is 10.0 Å². The lowest BCUT2D eigenvalue weighted by Crippen LogP contribution is -2.23. The number of hydrogen-bond acceptors (Lipinski definition) is 5. The van der Waals surface area contributed by atoms with Crippen LogP contribution >= 0.6 is 11.3 Å². The van der Waals surface area contributed by atoms with Crippen LogP contribution in [0.5, 0.6) is 0 Å². The van der Waals surface area contributed by atoms with E-state index in [-0.39, 0.29) is 4.90 Å². The van der Waals surface area contributed by atoms with E-state index in [0.717, 1.165) is 4.88 Å². The third-order valence-electron chi connectivity index (χ3n) is 2.96. The minimum atomic E-state index is -3.52. The first kappa shape index (κ1) is 15.0. The van der Waals surface area contributed by atoms with Crippen molar-refractivity contribution in [3.63, 3.8) is 0 Å². The van der Waals surface area contributed by atoms with Crippen molar-refractivity contribution < 1.29 is 8.42 Å². The summed E-state index contributed by atoms with van der Waals surface area (Å²) in [5, 5.41) is 2.85. The van der Waals surface area contributed by atoms with Crippen LogP contribution in [0.15, 0.2) is 29.3 Å². The highest BCUT2D eigenvalue weighted by Gasteiger charge is 2.14. The van der Waals surface area contributed by atoms with Crippen LogP contribution in [0.4, 0.5) is 5.82 Å². The van der Waals surface area contributed by atoms with Crippen molar-refractivity contribution in [1.82, 2.24) is 9.71 Å². The number of anilines is 1. The van der Waals surface area contributed by atoms with Crippen molar-refractivity contribution in [2.45, 2.75) is 25.3 Å². The van der Waals surface area contributed by atoms with Crippen LogP contribution in [0.1, 0.15) is 15.3 Å². The average Bonchev–Trinajstić information content (AvgIpc) is 2.76. The third-order valence-corrected chi connectivity index (χ3v) is 5.50. The van der Waals surface area contributed by atoms with Crippen LogP contribution in [0.3, 0.4) is 0 Å². The van der Waals surface area contributed by atoms with E-state index < -0.39 is 10.0 Å². The Labute approximate surface area is 123 Å². The van der Waals surface area contributed by atoms with Crippen LogP contribution in [-0.4, -0.2) is 20.4 Å². The van der Waals surface area contributed by atoms with Gasteiger partial charge in [-0.05, 0) is 37.6 Å². The number of hydrogen-bond donors (Lipinski definition) is 2. The molecule has 0 amide bonds. The zero-order chi connectivity index (χ0) is 14.8. The summed E-state index contributed by atoms with van der Waals surface area (Å²) in [7, 11) is -1.79. The van der Waals surface area contributed by atoms with Gasteiger partial charge in [-0.15, -0.1) is 11.3 Å². The van der Waals surface area contributed by atoms with Gasteiger partial charge in [0.1, 0.15) is 10.7 Å². The molecule has 5 nitrogen and oxygen atoms in total. The van der Waals surface area contributed by atoms with E-state index in [2.05, 4.69) is 15.0 Å². The summed E-state index contributed by atoms with van der Waals surface area (Å²) in [6.07, 6.45) is 1.35. The molecule has 0 aliphatic carbocycles. The Balaban J connectivity index is 2.10. The molecule has 0 aromatic carbocycles. The average molecular weight is 311 g/mol. The van der Waals surface area contributed by atoms with E-state index in [0.29, 0.717) is 12.4 Å². The number of sulfonamides is 1. The van der Waals surface area contributed by atoms with Gasteiger partial charge in [-0.1, -0.05) is 0 Å². The van der Waals surface area contributed by atoms with E-state index in [1.54, 1.807) is 24.5 Å². The zero-order valence-corrected chi connectivity index (χ0v) is 13.2. The summed E-state index contributed by atoms with van der Waals surface area (Å²) in [5.41, 5.74) is 1.18. The fourth-order valence-corrected chi connectivity index (χ4v) is 3.71. The molecule has 0 fully saturated rings. The minimum absolute atomic E-state index is 0.168. The lowest BCUT2D eigenvalue weighted by atomic mass is 10.3. The maximum Gasteiger partial charge on any atom is 0.242 e. The predicted octanol–water partition coefficient (Wildman–Crippen LogP) is 2.28. The molecule has 7 heteroatoms. The van der Waals surface area contributed by atoms with Gasteiger partial charge in [0.25, 0.3) is 0 Å². The maximum absolute atomic E-state index is 12.1. The Hall–Kier alpha value is -1.44. The van der Waals surface area contributed by atoms with Crippen molar-refractivity contribution in [3.8, 4) is 0 Å². The second kappa shape index (κ2) is 5.90. The highest BCUT2D eigenvalue weighted by Crippen LogP contribution is 2.21. The summed E-state index contributed by atoms with van der Waals surface area (Å²) in [5.74, 6) is 0.633. The van der Waals surface area contributed by atoms with E-state index in [1.807, 2.05) is 19.9 Å². The number of nitrogens with zero attached hydrogens (tertiary/aromatic N) is 1. The molecule has 0 bridgehead atoms. The van der Waals surface area contributed by atoms with Crippen molar-refractivity contribution >= 4 is 27.2 Å². The molecule has 0 saturated heterocycles. The normalized spacial score (nSPS) is 11.6. The third kappa shape index (κ3) is 3.36. The second-order valence-corrected chi connectivity index (χ2v) is 7.51. The Morgan fingerprint density at radius 3 is 2.55 bits per heavy atom. The molecule has 20 heavy (non-hydrogen) atoms. The molecule has 0 spiro atoms. The van der Waals surface area contributed by atoms with Gasteiger partial charge in [0.15, 0.2) is 0 Å². The first-order valence-electron chi connectivity index (χ1n) is 6.12. The largest absolute Gasteiger partial charge is 0.373 e. The summed E-state index contributed by atoms with van der Waals surface area (Å²) >= 11 is 1.60. The van der Waals surface area contributed by atoms with Gasteiger partial charge >= 0.3 is 0 Å². The molecule has 0 saturated carbocycles. The van der Waals surface area contributed by atoms with Gasteiger partial charge < -0.3 is 5.32 Å². The number of thiophene rings is 1. The van der Waals surface area contributed by atoms with E-state index in [1.165, 1.54) is 22.7 Å². The molecular formula is C13H17N3O2S2. The smallest absolute Gasteiger partial charge is 0.242 e. The fraction of sp³-hybridized carbons (Fsp3) is 0.308. The number of aryl methyl sites for hydroxylation is 2. The second-order valence-electron chi connectivity index (χ2n) is 4.41. The maximum atomic E-state index is 12.1. The molecule has 0 radical (unpaired) electrons. The Bertz CT molecular complexity index is 671. The molecule has 2 N–H and O–H groups in total. The summed E-state index contributed by atoms with van der Waals surface area (Å²) in [6.45, 7) is 4.35. The molecule has 2 heterocycles. The van der Waals surface area contributed by atoms with Crippen LogP contribution in [0, 0.1) is 13.8 Å². The van der Waals surface area contributed by atoms with Crippen molar-refractivity contribution in [2.24, 2.45) is 0 Å². The lowest BCUT2D eigenvalue weighted by molar-refractivity contribution is 0.581. The number of rotatable bonds is 5. The van der Waals surface area contributed by atoms with Crippen LogP contribution in [0.25, 0.3) is 0 Å². The first-order chi connectivity index (χ1) is 9.42. The van der Waals surface area contributed by atoms with Gasteiger partial charge in [-0.2, -0.15) is 0 Å². The SMILES string of the molecule is CNc1ccc(S(=O)(=O)NCc2cc(C)c(C)s2)cn1. The lowest BCUT2D eigenvalue weighted by Gasteiger charge is -2.06. The highest BCUT2D eigenvalue weighted by atomic mass is 32.2. The summed E-state index contributed by atoms with van der Waals surface area (Å²) in [4.78, 5) is 6.39. The van der Waals surface area contributed by atoms with Crippen LogP contribution < -0.4 is 10.0 Å². The van der Waals surface area contributed by atoms with Gasteiger partial charge in [-0.3, -0.25) is 0 Å². The van der Waals surface area contributed by atoms with Gasteiger partial charge in [-0.25, -0.2) is 18.1 Å².